The molecule has 0 spiro atoms. The number of nitrogens with zero attached hydrogens (tertiary/aromatic N) is 1. The van der Waals surface area contributed by atoms with Crippen LogP contribution in [0.1, 0.15) is 48.0 Å². The Morgan fingerprint density at radius 3 is 2.31 bits per heavy atom. The van der Waals surface area contributed by atoms with Crippen LogP contribution in [0.4, 0.5) is 4.39 Å². The molecule has 3 rings (SSSR count). The van der Waals surface area contributed by atoms with Gasteiger partial charge in [0, 0.05) is 29.1 Å². The van der Waals surface area contributed by atoms with Crippen LogP contribution in [0.15, 0.2) is 54.6 Å². The number of rotatable bonds is 7. The van der Waals surface area contributed by atoms with Crippen molar-refractivity contribution in [1.29, 1.82) is 0 Å². The summed E-state index contributed by atoms with van der Waals surface area (Å²) in [6, 6.07) is 13.9. The summed E-state index contributed by atoms with van der Waals surface area (Å²) in [6.07, 6.45) is 0.681. The monoisotopic (exact) mass is 393 g/mol. The van der Waals surface area contributed by atoms with Gasteiger partial charge in [0.15, 0.2) is 6.61 Å². The van der Waals surface area contributed by atoms with Crippen LogP contribution in [0.3, 0.4) is 0 Å². The minimum Gasteiger partial charge on any atom is -0.454 e. The molecule has 0 saturated carbocycles. The van der Waals surface area contributed by atoms with Gasteiger partial charge in [-0.25, -0.2) is 9.18 Å². The summed E-state index contributed by atoms with van der Waals surface area (Å²) in [5.41, 5.74) is 3.75. The highest BCUT2D eigenvalue weighted by molar-refractivity contribution is 6.00. The highest BCUT2D eigenvalue weighted by Gasteiger charge is 2.18. The second kappa shape index (κ2) is 8.65. The van der Waals surface area contributed by atoms with E-state index in [9.17, 15) is 18.8 Å². The number of esters is 1. The van der Waals surface area contributed by atoms with E-state index in [0.29, 0.717) is 24.0 Å². The molecule has 0 radical (unpaired) electrons. The average Bonchev–Trinajstić information content (AvgIpc) is 3.01. The van der Waals surface area contributed by atoms with Gasteiger partial charge in [-0.15, -0.1) is 0 Å². The van der Waals surface area contributed by atoms with E-state index in [1.54, 1.807) is 18.2 Å². The number of aromatic nitrogens is 1. The third kappa shape index (κ3) is 4.66. The molecule has 0 bridgehead atoms. The van der Waals surface area contributed by atoms with Crippen molar-refractivity contribution >= 4 is 18.0 Å². The van der Waals surface area contributed by atoms with Gasteiger partial charge in [-0.2, -0.15) is 0 Å². The Labute approximate surface area is 167 Å². The maximum atomic E-state index is 13.1. The zero-order valence-corrected chi connectivity index (χ0v) is 16.1. The second-order valence-corrected chi connectivity index (χ2v) is 6.74. The number of halogens is 1. The lowest BCUT2D eigenvalue weighted by Crippen LogP contribution is -2.15. The molecular formula is C23H20FNO4. The van der Waals surface area contributed by atoms with Crippen LogP contribution in [0.5, 0.6) is 0 Å². The van der Waals surface area contributed by atoms with E-state index in [-0.39, 0.29) is 23.8 Å². The fourth-order valence-corrected chi connectivity index (χ4v) is 3.09. The zero-order chi connectivity index (χ0) is 21.0. The van der Waals surface area contributed by atoms with E-state index < -0.39 is 5.97 Å². The van der Waals surface area contributed by atoms with Crippen molar-refractivity contribution in [3.8, 4) is 0 Å². The van der Waals surface area contributed by atoms with E-state index in [0.717, 1.165) is 17.0 Å². The largest absolute Gasteiger partial charge is 0.454 e. The number of aldehydes is 1. The molecule has 0 fully saturated rings. The topological polar surface area (TPSA) is 65.4 Å². The summed E-state index contributed by atoms with van der Waals surface area (Å²) in [6.45, 7) is 3.83. The normalized spacial score (nSPS) is 10.6. The number of ether oxygens (including phenoxy) is 1. The molecule has 3 aromatic rings. The van der Waals surface area contributed by atoms with Crippen LogP contribution in [-0.4, -0.2) is 29.2 Å². The molecule has 0 unspecified atom stereocenters. The summed E-state index contributed by atoms with van der Waals surface area (Å²) in [7, 11) is 0. The average molecular weight is 393 g/mol. The van der Waals surface area contributed by atoms with E-state index in [1.165, 1.54) is 36.4 Å². The van der Waals surface area contributed by atoms with Crippen LogP contribution >= 0.6 is 0 Å². The Balaban J connectivity index is 1.68. The van der Waals surface area contributed by atoms with E-state index in [4.69, 9.17) is 4.74 Å². The van der Waals surface area contributed by atoms with Crippen molar-refractivity contribution in [2.75, 3.05) is 6.61 Å². The van der Waals surface area contributed by atoms with Crippen LogP contribution in [0.2, 0.25) is 0 Å². The molecule has 6 heteroatoms. The Morgan fingerprint density at radius 1 is 1.03 bits per heavy atom. The van der Waals surface area contributed by atoms with Crippen molar-refractivity contribution in [3.63, 3.8) is 0 Å². The highest BCUT2D eigenvalue weighted by atomic mass is 19.1. The van der Waals surface area contributed by atoms with Crippen LogP contribution in [0.25, 0.3) is 0 Å². The molecule has 0 amide bonds. The SMILES string of the molecule is Cc1cc(C(=O)COC(=O)c2ccc(C=O)cc2)c(C)n1Cc1ccc(F)cc1. The maximum absolute atomic E-state index is 13.1. The summed E-state index contributed by atoms with van der Waals surface area (Å²) in [4.78, 5) is 35.4. The molecule has 1 aromatic heterocycles. The molecule has 2 aromatic carbocycles. The molecule has 5 nitrogen and oxygen atoms in total. The smallest absolute Gasteiger partial charge is 0.338 e. The lowest BCUT2D eigenvalue weighted by molar-refractivity contribution is 0.0474. The van der Waals surface area contributed by atoms with Gasteiger partial charge in [0.05, 0.1) is 5.56 Å². The molecule has 148 valence electrons. The maximum Gasteiger partial charge on any atom is 0.338 e. The molecule has 0 aliphatic heterocycles. The van der Waals surface area contributed by atoms with Crippen molar-refractivity contribution in [2.24, 2.45) is 0 Å². The number of hydrogen-bond acceptors (Lipinski definition) is 4. The molecule has 1 heterocycles. The van der Waals surface area contributed by atoms with Gasteiger partial charge in [-0.1, -0.05) is 24.3 Å². The van der Waals surface area contributed by atoms with Gasteiger partial charge < -0.3 is 9.30 Å². The molecule has 0 aliphatic carbocycles. The van der Waals surface area contributed by atoms with E-state index >= 15 is 0 Å². The quantitative estimate of drug-likeness (QED) is 0.344. The van der Waals surface area contributed by atoms with Crippen LogP contribution in [-0.2, 0) is 11.3 Å². The van der Waals surface area contributed by atoms with Crippen LogP contribution in [0, 0.1) is 19.7 Å². The summed E-state index contributed by atoms with van der Waals surface area (Å²) < 4.78 is 20.2. The Morgan fingerprint density at radius 2 is 1.69 bits per heavy atom. The number of ketones is 1. The number of carbonyl (C=O) groups is 3. The minimum absolute atomic E-state index is 0.269. The van der Waals surface area contributed by atoms with Gasteiger partial charge in [0.25, 0.3) is 0 Å². The van der Waals surface area contributed by atoms with Gasteiger partial charge in [0.1, 0.15) is 12.1 Å². The number of aryl methyl sites for hydroxylation is 1. The zero-order valence-electron chi connectivity index (χ0n) is 16.1. The molecule has 29 heavy (non-hydrogen) atoms. The third-order valence-electron chi connectivity index (χ3n) is 4.74. The molecular weight excluding hydrogens is 373 g/mol. The van der Waals surface area contributed by atoms with Gasteiger partial charge >= 0.3 is 5.97 Å². The fraction of sp³-hybridized carbons (Fsp3) is 0.174. The highest BCUT2D eigenvalue weighted by Crippen LogP contribution is 2.18. The van der Waals surface area contributed by atoms with E-state index in [2.05, 4.69) is 0 Å². The Kier molecular flexibility index (Phi) is 6.02. The first-order chi connectivity index (χ1) is 13.9. The molecule has 0 N–H and O–H groups in total. The first-order valence-corrected chi connectivity index (χ1v) is 9.06. The fourth-order valence-electron chi connectivity index (χ4n) is 3.09. The molecule has 0 atom stereocenters. The summed E-state index contributed by atoms with van der Waals surface area (Å²) in [5.74, 6) is -1.23. The first-order valence-electron chi connectivity index (χ1n) is 9.06. The minimum atomic E-state index is -0.629. The standard InChI is InChI=1S/C23H20FNO4/c1-15-11-21(16(2)25(15)12-17-5-9-20(24)10-6-17)22(27)14-29-23(28)19-7-3-18(13-26)4-8-19/h3-11,13H,12,14H2,1-2H3. The van der Waals surface area contributed by atoms with E-state index in [1.807, 2.05) is 18.4 Å². The molecule has 0 saturated heterocycles. The summed E-state index contributed by atoms with van der Waals surface area (Å²) in [5, 5.41) is 0. The van der Waals surface area contributed by atoms with Gasteiger partial charge in [0.2, 0.25) is 5.78 Å². The second-order valence-electron chi connectivity index (χ2n) is 6.74. The van der Waals surface area contributed by atoms with Crippen molar-refractivity contribution in [2.45, 2.75) is 20.4 Å². The Hall–Kier alpha value is -3.54. The number of carbonyl (C=O) groups excluding carboxylic acids is 3. The summed E-state index contributed by atoms with van der Waals surface area (Å²) >= 11 is 0. The number of Topliss-reactive ketones (excluding diaryl/α,β-unsaturated/α-hetero) is 1. The third-order valence-corrected chi connectivity index (χ3v) is 4.74. The Bertz CT molecular complexity index is 1050. The lowest BCUT2D eigenvalue weighted by atomic mass is 10.1. The number of benzene rings is 2. The number of hydrogen-bond donors (Lipinski definition) is 0. The van der Waals surface area contributed by atoms with Crippen LogP contribution < -0.4 is 0 Å². The predicted octanol–water partition coefficient (Wildman–Crippen LogP) is 4.14. The molecule has 0 aliphatic rings. The van der Waals surface area contributed by atoms with Crippen molar-refractivity contribution in [1.82, 2.24) is 4.57 Å². The van der Waals surface area contributed by atoms with Crippen molar-refractivity contribution < 1.29 is 23.5 Å². The predicted molar refractivity (Wildman–Crippen MR) is 106 cm³/mol. The van der Waals surface area contributed by atoms with Crippen molar-refractivity contribution in [3.05, 3.63) is 94.1 Å². The van der Waals surface area contributed by atoms with Gasteiger partial charge in [-0.3, -0.25) is 9.59 Å². The first kappa shape index (κ1) is 20.2. The lowest BCUT2D eigenvalue weighted by Gasteiger charge is -2.10. The van der Waals surface area contributed by atoms with Gasteiger partial charge in [-0.05, 0) is 49.7 Å².